The topological polar surface area (TPSA) is 104 Å². The van der Waals surface area contributed by atoms with Crippen LogP contribution < -0.4 is 5.32 Å². The molecule has 0 unspecified atom stereocenters. The van der Waals surface area contributed by atoms with Gasteiger partial charge < -0.3 is 15.3 Å². The third-order valence-corrected chi connectivity index (χ3v) is 2.68. The van der Waals surface area contributed by atoms with E-state index in [9.17, 15) is 31.2 Å². The van der Waals surface area contributed by atoms with E-state index in [0.717, 1.165) is 6.26 Å². The van der Waals surface area contributed by atoms with Gasteiger partial charge in [0.05, 0.1) is 5.75 Å². The van der Waals surface area contributed by atoms with E-state index in [1.165, 1.54) is 0 Å². The summed E-state index contributed by atoms with van der Waals surface area (Å²) in [5, 5.41) is 10.3. The molecular weight excluding hydrogens is 293 g/mol. The summed E-state index contributed by atoms with van der Waals surface area (Å²) in [7, 11) is -3.38. The Bertz CT molecular complexity index is 434. The molecule has 0 fully saturated rings. The van der Waals surface area contributed by atoms with E-state index in [1.807, 2.05) is 5.32 Å². The predicted octanol–water partition coefficient (Wildman–Crippen LogP) is -0.310. The van der Waals surface area contributed by atoms with Crippen molar-refractivity contribution in [1.29, 1.82) is 0 Å². The monoisotopic (exact) mass is 306 g/mol. The molecule has 0 aromatic carbocycles. The number of carboxylic acids is 1. The third kappa shape index (κ3) is 10.1. The average Bonchev–Trinajstić information content (AvgIpc) is 2.11. The van der Waals surface area contributed by atoms with Crippen LogP contribution in [0.1, 0.15) is 0 Å². The molecule has 7 nitrogen and oxygen atoms in total. The summed E-state index contributed by atoms with van der Waals surface area (Å²) in [5.41, 5.74) is 0. The normalized spacial score (nSPS) is 12.0. The number of hydrogen-bond acceptors (Lipinski definition) is 4. The lowest BCUT2D eigenvalue weighted by Crippen LogP contribution is -2.47. The number of urea groups is 1. The van der Waals surface area contributed by atoms with E-state index < -0.39 is 53.4 Å². The summed E-state index contributed by atoms with van der Waals surface area (Å²) in [6.07, 6.45) is -3.85. The zero-order valence-corrected chi connectivity index (χ0v) is 10.7. The number of sulfone groups is 1. The highest BCUT2D eigenvalue weighted by Crippen LogP contribution is 2.16. The fourth-order valence-corrected chi connectivity index (χ4v) is 1.51. The Hall–Kier alpha value is -1.52. The summed E-state index contributed by atoms with van der Waals surface area (Å²) >= 11 is 0. The Morgan fingerprint density at radius 3 is 2.21 bits per heavy atom. The summed E-state index contributed by atoms with van der Waals surface area (Å²) in [5.74, 6) is -2.06. The van der Waals surface area contributed by atoms with Crippen LogP contribution in [0.15, 0.2) is 0 Å². The molecule has 0 rings (SSSR count). The Morgan fingerprint density at radius 2 is 1.84 bits per heavy atom. The first kappa shape index (κ1) is 17.5. The number of alkyl halides is 3. The molecule has 11 heteroatoms. The molecular formula is C8H13F3N2O5S. The van der Waals surface area contributed by atoms with Gasteiger partial charge in [-0.3, -0.25) is 4.79 Å². The van der Waals surface area contributed by atoms with Crippen LogP contribution in [-0.2, 0) is 14.6 Å². The molecule has 0 bridgehead atoms. The molecule has 2 N–H and O–H groups in total. The van der Waals surface area contributed by atoms with E-state index in [1.54, 1.807) is 0 Å². The first-order chi connectivity index (χ1) is 8.41. The second-order valence-corrected chi connectivity index (χ2v) is 5.99. The van der Waals surface area contributed by atoms with Crippen molar-refractivity contribution in [2.45, 2.75) is 6.18 Å². The number of halogens is 3. The molecule has 0 heterocycles. The fourth-order valence-electron chi connectivity index (χ4n) is 1.03. The van der Waals surface area contributed by atoms with Crippen LogP contribution in [0.25, 0.3) is 0 Å². The van der Waals surface area contributed by atoms with Gasteiger partial charge in [0.25, 0.3) is 0 Å². The Morgan fingerprint density at radius 1 is 1.32 bits per heavy atom. The van der Waals surface area contributed by atoms with Gasteiger partial charge in [-0.25, -0.2) is 13.2 Å². The van der Waals surface area contributed by atoms with Gasteiger partial charge in [-0.1, -0.05) is 0 Å². The minimum Gasteiger partial charge on any atom is -0.480 e. The van der Waals surface area contributed by atoms with Crippen molar-refractivity contribution in [2.75, 3.05) is 31.6 Å². The summed E-state index contributed by atoms with van der Waals surface area (Å²) in [6.45, 7) is -3.26. The molecule has 0 aromatic rings. The van der Waals surface area contributed by atoms with Crippen LogP contribution in [0.4, 0.5) is 18.0 Å². The smallest absolute Gasteiger partial charge is 0.406 e. The molecule has 19 heavy (non-hydrogen) atoms. The van der Waals surface area contributed by atoms with Crippen molar-refractivity contribution < 1.29 is 36.3 Å². The van der Waals surface area contributed by atoms with Gasteiger partial charge in [-0.05, 0) is 0 Å². The van der Waals surface area contributed by atoms with E-state index >= 15 is 0 Å². The van der Waals surface area contributed by atoms with E-state index in [-0.39, 0.29) is 4.90 Å². The number of rotatable bonds is 6. The maximum Gasteiger partial charge on any atom is 0.406 e. The van der Waals surface area contributed by atoms with Crippen molar-refractivity contribution in [3.8, 4) is 0 Å². The fraction of sp³-hybridized carbons (Fsp3) is 0.750. The van der Waals surface area contributed by atoms with E-state index in [4.69, 9.17) is 5.11 Å². The predicted molar refractivity (Wildman–Crippen MR) is 58.4 cm³/mol. The molecule has 112 valence electrons. The van der Waals surface area contributed by atoms with Crippen molar-refractivity contribution >= 4 is 21.8 Å². The van der Waals surface area contributed by atoms with E-state index in [0.29, 0.717) is 0 Å². The lowest BCUT2D eigenvalue weighted by atomic mass is 10.4. The lowest BCUT2D eigenvalue weighted by molar-refractivity contribution is -0.148. The van der Waals surface area contributed by atoms with E-state index in [2.05, 4.69) is 0 Å². The van der Waals surface area contributed by atoms with Crippen LogP contribution in [0.5, 0.6) is 0 Å². The third-order valence-electron chi connectivity index (χ3n) is 1.73. The molecule has 0 radical (unpaired) electrons. The standard InChI is InChI=1S/C8H13F3N2O5S/c1-19(17,18)3-2-12-7(16)13(4-6(14)15)5-8(9,10)11/h2-5H2,1H3,(H,12,16)(H,14,15). The van der Waals surface area contributed by atoms with Crippen LogP contribution in [-0.4, -0.2) is 68.2 Å². The Kier molecular flexibility index (Phi) is 6.06. The van der Waals surface area contributed by atoms with Crippen molar-refractivity contribution in [2.24, 2.45) is 0 Å². The molecule has 0 aromatic heterocycles. The molecule has 0 aliphatic carbocycles. The maximum absolute atomic E-state index is 12.1. The quantitative estimate of drug-likeness (QED) is 0.700. The highest BCUT2D eigenvalue weighted by atomic mass is 32.2. The van der Waals surface area contributed by atoms with Crippen molar-refractivity contribution in [3.05, 3.63) is 0 Å². The first-order valence-electron chi connectivity index (χ1n) is 4.90. The summed E-state index contributed by atoms with van der Waals surface area (Å²) in [4.78, 5) is 21.7. The second-order valence-electron chi connectivity index (χ2n) is 3.73. The number of carbonyl (C=O) groups excluding carboxylic acids is 1. The average molecular weight is 306 g/mol. The molecule has 0 aliphatic heterocycles. The Balaban J connectivity index is 4.51. The first-order valence-corrected chi connectivity index (χ1v) is 6.96. The van der Waals surface area contributed by atoms with Gasteiger partial charge in [0.1, 0.15) is 22.9 Å². The Labute approximate surface area is 107 Å². The molecule has 0 saturated carbocycles. The van der Waals surface area contributed by atoms with Gasteiger partial charge in [-0.2, -0.15) is 13.2 Å². The zero-order chi connectivity index (χ0) is 15.3. The minimum atomic E-state index is -4.75. The van der Waals surface area contributed by atoms with Crippen LogP contribution in [0.2, 0.25) is 0 Å². The number of aliphatic carboxylic acids is 1. The largest absolute Gasteiger partial charge is 0.480 e. The zero-order valence-electron chi connectivity index (χ0n) is 9.90. The molecule has 0 spiro atoms. The van der Waals surface area contributed by atoms with Crippen molar-refractivity contribution in [1.82, 2.24) is 10.2 Å². The van der Waals surface area contributed by atoms with Crippen LogP contribution in [0, 0.1) is 0 Å². The SMILES string of the molecule is CS(=O)(=O)CCNC(=O)N(CC(=O)O)CC(F)(F)F. The number of carboxylic acid groups (broad SMARTS) is 1. The van der Waals surface area contributed by atoms with Gasteiger partial charge in [0.15, 0.2) is 0 Å². The highest BCUT2D eigenvalue weighted by molar-refractivity contribution is 7.90. The minimum absolute atomic E-state index is 0.0324. The number of nitrogens with one attached hydrogen (secondary N) is 1. The number of nitrogens with zero attached hydrogens (tertiary/aromatic N) is 1. The molecule has 0 saturated heterocycles. The van der Waals surface area contributed by atoms with Crippen LogP contribution in [0.3, 0.4) is 0 Å². The van der Waals surface area contributed by atoms with Gasteiger partial charge >= 0.3 is 18.2 Å². The molecule has 0 aliphatic rings. The number of hydrogen-bond donors (Lipinski definition) is 2. The summed E-state index contributed by atoms with van der Waals surface area (Å²) < 4.78 is 57.9. The highest BCUT2D eigenvalue weighted by Gasteiger charge is 2.33. The molecule has 0 atom stereocenters. The van der Waals surface area contributed by atoms with Crippen molar-refractivity contribution in [3.63, 3.8) is 0 Å². The van der Waals surface area contributed by atoms with Gasteiger partial charge in [0, 0.05) is 12.8 Å². The van der Waals surface area contributed by atoms with Gasteiger partial charge in [0.2, 0.25) is 0 Å². The van der Waals surface area contributed by atoms with Gasteiger partial charge in [-0.15, -0.1) is 0 Å². The molecule has 2 amide bonds. The number of amides is 2. The maximum atomic E-state index is 12.1. The second kappa shape index (κ2) is 6.59. The summed E-state index contributed by atoms with van der Waals surface area (Å²) in [6, 6.07) is -1.29. The number of carbonyl (C=O) groups is 2. The van der Waals surface area contributed by atoms with Crippen LogP contribution >= 0.6 is 0 Å². The lowest BCUT2D eigenvalue weighted by Gasteiger charge is -2.22.